The lowest BCUT2D eigenvalue weighted by atomic mass is 9.97. The van der Waals surface area contributed by atoms with E-state index in [0.717, 1.165) is 23.2 Å². The summed E-state index contributed by atoms with van der Waals surface area (Å²) in [5.41, 5.74) is 2.83. The van der Waals surface area contributed by atoms with Crippen LogP contribution in [0.3, 0.4) is 0 Å². The highest BCUT2D eigenvalue weighted by molar-refractivity contribution is 5.94. The molecule has 0 atom stereocenters. The summed E-state index contributed by atoms with van der Waals surface area (Å²) >= 11 is 0. The van der Waals surface area contributed by atoms with Crippen LogP contribution in [0.5, 0.6) is 0 Å². The van der Waals surface area contributed by atoms with E-state index in [2.05, 4.69) is 5.32 Å². The molecule has 0 aliphatic carbocycles. The Kier molecular flexibility index (Phi) is 2.90. The van der Waals surface area contributed by atoms with Gasteiger partial charge in [-0.2, -0.15) is 0 Å². The molecule has 1 aliphatic rings. The van der Waals surface area contributed by atoms with E-state index < -0.39 is 5.97 Å². The second kappa shape index (κ2) is 4.35. The summed E-state index contributed by atoms with van der Waals surface area (Å²) < 4.78 is 0. The highest BCUT2D eigenvalue weighted by atomic mass is 16.4. The van der Waals surface area contributed by atoms with Gasteiger partial charge in [-0.3, -0.25) is 9.59 Å². The summed E-state index contributed by atoms with van der Waals surface area (Å²) in [6.45, 7) is 0. The smallest absolute Gasteiger partial charge is 0.303 e. The van der Waals surface area contributed by atoms with Crippen molar-refractivity contribution in [2.45, 2.75) is 25.7 Å². The average Bonchev–Trinajstić information content (AvgIpc) is 2.26. The van der Waals surface area contributed by atoms with E-state index in [4.69, 9.17) is 5.11 Å². The van der Waals surface area contributed by atoms with Crippen molar-refractivity contribution < 1.29 is 14.7 Å². The van der Waals surface area contributed by atoms with E-state index in [-0.39, 0.29) is 12.3 Å². The molecule has 2 N–H and O–H groups in total. The number of para-hydroxylation sites is 1. The maximum absolute atomic E-state index is 11.3. The molecule has 0 saturated carbocycles. The van der Waals surface area contributed by atoms with Gasteiger partial charge >= 0.3 is 5.97 Å². The van der Waals surface area contributed by atoms with Crippen molar-refractivity contribution in [1.82, 2.24) is 0 Å². The summed E-state index contributed by atoms with van der Waals surface area (Å²) in [5, 5.41) is 11.5. The fraction of sp³-hybridized carbons (Fsp3) is 0.333. The highest BCUT2D eigenvalue weighted by Crippen LogP contribution is 2.27. The molecule has 0 bridgehead atoms. The lowest BCUT2D eigenvalue weighted by molar-refractivity contribution is -0.136. The molecule has 1 aromatic rings. The van der Waals surface area contributed by atoms with Gasteiger partial charge in [-0.25, -0.2) is 0 Å². The summed E-state index contributed by atoms with van der Waals surface area (Å²) in [4.78, 5) is 21.8. The van der Waals surface area contributed by atoms with Crippen molar-refractivity contribution >= 4 is 17.6 Å². The minimum atomic E-state index is -0.820. The van der Waals surface area contributed by atoms with Crippen LogP contribution >= 0.6 is 0 Å². The number of fused-ring (bicyclic) bond motifs is 1. The largest absolute Gasteiger partial charge is 0.481 e. The summed E-state index contributed by atoms with van der Waals surface area (Å²) in [5.74, 6) is -0.810. The zero-order valence-corrected chi connectivity index (χ0v) is 8.82. The predicted molar refractivity (Wildman–Crippen MR) is 59.3 cm³/mol. The molecular formula is C12H13NO3. The van der Waals surface area contributed by atoms with Gasteiger partial charge in [-0.05, 0) is 24.0 Å². The fourth-order valence-corrected chi connectivity index (χ4v) is 1.92. The van der Waals surface area contributed by atoms with Crippen molar-refractivity contribution in [3.8, 4) is 0 Å². The van der Waals surface area contributed by atoms with E-state index in [1.807, 2.05) is 18.2 Å². The number of rotatable bonds is 3. The lowest BCUT2D eigenvalue weighted by Crippen LogP contribution is -2.20. The first-order valence-corrected chi connectivity index (χ1v) is 5.29. The summed E-state index contributed by atoms with van der Waals surface area (Å²) in [7, 11) is 0. The van der Waals surface area contributed by atoms with E-state index >= 15 is 0 Å². The average molecular weight is 219 g/mol. The Balaban J connectivity index is 2.24. The van der Waals surface area contributed by atoms with Gasteiger partial charge in [-0.1, -0.05) is 18.2 Å². The quantitative estimate of drug-likeness (QED) is 0.811. The van der Waals surface area contributed by atoms with Crippen molar-refractivity contribution in [3.63, 3.8) is 0 Å². The molecule has 16 heavy (non-hydrogen) atoms. The maximum atomic E-state index is 11.3. The van der Waals surface area contributed by atoms with E-state index in [0.29, 0.717) is 12.8 Å². The molecule has 84 valence electrons. The Bertz CT molecular complexity index is 440. The van der Waals surface area contributed by atoms with Crippen LogP contribution in [0.25, 0.3) is 0 Å². The van der Waals surface area contributed by atoms with Gasteiger partial charge in [0.15, 0.2) is 0 Å². The molecule has 0 saturated heterocycles. The first-order valence-electron chi connectivity index (χ1n) is 5.29. The van der Waals surface area contributed by atoms with Crippen LogP contribution in [0, 0.1) is 0 Å². The van der Waals surface area contributed by atoms with E-state index in [9.17, 15) is 9.59 Å². The Morgan fingerprint density at radius 1 is 1.38 bits per heavy atom. The molecule has 0 radical (unpaired) electrons. The number of carbonyl (C=O) groups is 2. The number of carboxylic acid groups (broad SMARTS) is 1. The standard InChI is InChI=1S/C12H13NO3/c14-10-6-4-8-2-1-3-9(12(8)13-10)5-7-11(15)16/h1-3H,4-7H2,(H,13,14)(H,15,16). The molecule has 1 amide bonds. The number of nitrogens with one attached hydrogen (secondary N) is 1. The lowest BCUT2D eigenvalue weighted by Gasteiger charge is -2.19. The molecule has 0 aromatic heterocycles. The van der Waals surface area contributed by atoms with E-state index in [1.165, 1.54) is 0 Å². The second-order valence-electron chi connectivity index (χ2n) is 3.89. The minimum absolute atomic E-state index is 0.00951. The monoisotopic (exact) mass is 219 g/mol. The summed E-state index contributed by atoms with van der Waals surface area (Å²) in [6, 6.07) is 5.75. The zero-order chi connectivity index (χ0) is 11.5. The highest BCUT2D eigenvalue weighted by Gasteiger charge is 2.17. The third-order valence-electron chi connectivity index (χ3n) is 2.73. The van der Waals surface area contributed by atoms with Crippen molar-refractivity contribution in [2.24, 2.45) is 0 Å². The molecule has 4 nitrogen and oxygen atoms in total. The van der Waals surface area contributed by atoms with Gasteiger partial charge in [-0.15, -0.1) is 0 Å². The first kappa shape index (κ1) is 10.7. The van der Waals surface area contributed by atoms with Crippen LogP contribution in [-0.4, -0.2) is 17.0 Å². The number of amides is 1. The molecule has 2 rings (SSSR count). The van der Waals surface area contributed by atoms with Crippen molar-refractivity contribution in [2.75, 3.05) is 5.32 Å². The third-order valence-corrected chi connectivity index (χ3v) is 2.73. The SMILES string of the molecule is O=C(O)CCc1cccc2c1NC(=O)CC2. The molecular weight excluding hydrogens is 206 g/mol. The van der Waals surface area contributed by atoms with Gasteiger partial charge < -0.3 is 10.4 Å². The van der Waals surface area contributed by atoms with Gasteiger partial charge in [0.1, 0.15) is 0 Å². The number of aliphatic carboxylic acids is 1. The predicted octanol–water partition coefficient (Wildman–Crippen LogP) is 1.59. The van der Waals surface area contributed by atoms with Crippen molar-refractivity contribution in [1.29, 1.82) is 0 Å². The molecule has 0 unspecified atom stereocenters. The van der Waals surface area contributed by atoms with Crippen molar-refractivity contribution in [3.05, 3.63) is 29.3 Å². The second-order valence-corrected chi connectivity index (χ2v) is 3.89. The Morgan fingerprint density at radius 2 is 2.19 bits per heavy atom. The minimum Gasteiger partial charge on any atom is -0.481 e. The van der Waals surface area contributed by atoms with Crippen LogP contribution in [0.1, 0.15) is 24.0 Å². The van der Waals surface area contributed by atoms with Gasteiger partial charge in [0.05, 0.1) is 0 Å². The van der Waals surface area contributed by atoms with Crippen LogP contribution in [0.2, 0.25) is 0 Å². The Morgan fingerprint density at radius 3 is 2.94 bits per heavy atom. The van der Waals surface area contributed by atoms with Gasteiger partial charge in [0.2, 0.25) is 5.91 Å². The molecule has 1 aromatic carbocycles. The van der Waals surface area contributed by atoms with Crippen LogP contribution in [-0.2, 0) is 22.4 Å². The van der Waals surface area contributed by atoms with E-state index in [1.54, 1.807) is 0 Å². The normalized spacial score (nSPS) is 14.1. The zero-order valence-electron chi connectivity index (χ0n) is 8.82. The number of carbonyl (C=O) groups excluding carboxylic acids is 1. The van der Waals surface area contributed by atoms with Gasteiger partial charge in [0, 0.05) is 18.5 Å². The van der Waals surface area contributed by atoms with Crippen LogP contribution in [0.4, 0.5) is 5.69 Å². The fourth-order valence-electron chi connectivity index (χ4n) is 1.92. The number of hydrogen-bond acceptors (Lipinski definition) is 2. The maximum Gasteiger partial charge on any atom is 0.303 e. The number of aryl methyl sites for hydroxylation is 2. The summed E-state index contributed by atoms with van der Waals surface area (Å²) in [6.07, 6.45) is 1.79. The van der Waals surface area contributed by atoms with Crippen LogP contribution in [0.15, 0.2) is 18.2 Å². The topological polar surface area (TPSA) is 66.4 Å². The number of carboxylic acids is 1. The number of hydrogen-bond donors (Lipinski definition) is 2. The third kappa shape index (κ3) is 2.21. The molecule has 0 spiro atoms. The molecule has 1 aliphatic heterocycles. The number of anilines is 1. The number of benzene rings is 1. The first-order chi connectivity index (χ1) is 7.66. The molecule has 4 heteroatoms. The molecule has 1 heterocycles. The Labute approximate surface area is 93.3 Å². The van der Waals surface area contributed by atoms with Gasteiger partial charge in [0.25, 0.3) is 0 Å². The van der Waals surface area contributed by atoms with Crippen LogP contribution < -0.4 is 5.32 Å². The molecule has 0 fully saturated rings. The Hall–Kier alpha value is -1.84.